The van der Waals surface area contributed by atoms with Crippen LogP contribution in [-0.4, -0.2) is 21.6 Å². The fourth-order valence-electron chi connectivity index (χ4n) is 3.04. The zero-order chi connectivity index (χ0) is 18.8. The van der Waals surface area contributed by atoms with Gasteiger partial charge >= 0.3 is 0 Å². The van der Waals surface area contributed by atoms with Gasteiger partial charge < -0.3 is 14.3 Å². The smallest absolute Gasteiger partial charge is 0.149 e. The summed E-state index contributed by atoms with van der Waals surface area (Å²) >= 11 is 0. The maximum absolute atomic E-state index is 9.68. The molecule has 0 atom stereocenters. The minimum Gasteiger partial charge on any atom is -0.497 e. The molecule has 4 aromatic rings. The highest BCUT2D eigenvalue weighted by Crippen LogP contribution is 2.23. The number of hydrogen-bond donors (Lipinski definition) is 1. The second-order valence-electron chi connectivity index (χ2n) is 6.28. The molecule has 27 heavy (non-hydrogen) atoms. The number of ether oxygens (including phenoxy) is 1. The van der Waals surface area contributed by atoms with Crippen molar-refractivity contribution in [1.82, 2.24) is 14.5 Å². The predicted octanol–water partition coefficient (Wildman–Crippen LogP) is 4.73. The van der Waals surface area contributed by atoms with Crippen LogP contribution in [0, 0.1) is 18.3 Å². The lowest BCUT2D eigenvalue weighted by Gasteiger charge is -2.08. The number of H-pyrrole nitrogens is 1. The van der Waals surface area contributed by atoms with Crippen LogP contribution in [0.25, 0.3) is 28.4 Å². The van der Waals surface area contributed by atoms with Crippen LogP contribution in [0.1, 0.15) is 17.1 Å². The normalized spacial score (nSPS) is 11.5. The highest BCUT2D eigenvalue weighted by molar-refractivity contribution is 5.90. The number of nitrogens with one attached hydrogen (secondary N) is 1. The summed E-state index contributed by atoms with van der Waals surface area (Å²) in [5.74, 6) is 1.37. The number of methoxy groups -OCH3 is 1. The van der Waals surface area contributed by atoms with Crippen LogP contribution >= 0.6 is 0 Å². The molecule has 0 aliphatic carbocycles. The Morgan fingerprint density at radius 1 is 1.19 bits per heavy atom. The van der Waals surface area contributed by atoms with E-state index in [0.29, 0.717) is 11.4 Å². The average molecular weight is 354 g/mol. The first kappa shape index (κ1) is 16.7. The summed E-state index contributed by atoms with van der Waals surface area (Å²) in [7, 11) is 1.65. The van der Waals surface area contributed by atoms with Gasteiger partial charge in [-0.15, -0.1) is 0 Å². The quantitative estimate of drug-likeness (QED) is 0.539. The first-order valence-corrected chi connectivity index (χ1v) is 8.58. The zero-order valence-electron chi connectivity index (χ0n) is 15.1. The van der Waals surface area contributed by atoms with E-state index in [1.54, 1.807) is 7.11 Å². The fourth-order valence-corrected chi connectivity index (χ4v) is 3.04. The van der Waals surface area contributed by atoms with E-state index in [2.05, 4.69) is 16.0 Å². The van der Waals surface area contributed by atoms with Crippen molar-refractivity contribution in [2.24, 2.45) is 0 Å². The summed E-state index contributed by atoms with van der Waals surface area (Å²) in [6, 6.07) is 20.0. The van der Waals surface area contributed by atoms with E-state index in [9.17, 15) is 5.26 Å². The molecule has 0 amide bonds. The largest absolute Gasteiger partial charge is 0.497 e. The topological polar surface area (TPSA) is 66.6 Å². The third-order valence-electron chi connectivity index (χ3n) is 4.44. The van der Waals surface area contributed by atoms with Gasteiger partial charge in [0.05, 0.1) is 23.7 Å². The second kappa shape index (κ2) is 6.85. The van der Waals surface area contributed by atoms with E-state index in [1.165, 1.54) is 0 Å². The molecule has 132 valence electrons. The molecule has 1 N–H and O–H groups in total. The van der Waals surface area contributed by atoms with Gasteiger partial charge in [0, 0.05) is 17.6 Å². The molecule has 0 saturated carbocycles. The van der Waals surface area contributed by atoms with Crippen LogP contribution < -0.4 is 4.74 Å². The number of hydrogen-bond acceptors (Lipinski definition) is 3. The molecule has 0 radical (unpaired) electrons. The Bertz CT molecular complexity index is 1170. The van der Waals surface area contributed by atoms with Gasteiger partial charge in [0.15, 0.2) is 0 Å². The zero-order valence-corrected chi connectivity index (χ0v) is 15.1. The molecule has 0 aliphatic heterocycles. The van der Waals surface area contributed by atoms with Gasteiger partial charge in [0.25, 0.3) is 0 Å². The molecule has 5 nitrogen and oxygen atoms in total. The van der Waals surface area contributed by atoms with Crippen molar-refractivity contribution < 1.29 is 4.74 Å². The fraction of sp³-hybridized carbons (Fsp3) is 0.0909. The molecule has 0 unspecified atom stereocenters. The first-order chi connectivity index (χ1) is 13.2. The van der Waals surface area contributed by atoms with Crippen molar-refractivity contribution in [3.05, 3.63) is 77.9 Å². The molecule has 5 heteroatoms. The lowest BCUT2D eigenvalue weighted by atomic mass is 10.2. The van der Waals surface area contributed by atoms with E-state index in [4.69, 9.17) is 4.74 Å². The van der Waals surface area contributed by atoms with Gasteiger partial charge in [-0.25, -0.2) is 4.98 Å². The molecular weight excluding hydrogens is 336 g/mol. The van der Waals surface area contributed by atoms with Crippen molar-refractivity contribution in [3.63, 3.8) is 0 Å². The number of nitrogens with zero attached hydrogens (tertiary/aromatic N) is 3. The van der Waals surface area contributed by atoms with Gasteiger partial charge in [-0.05, 0) is 67.1 Å². The number of rotatable bonds is 4. The van der Waals surface area contributed by atoms with E-state index < -0.39 is 0 Å². The summed E-state index contributed by atoms with van der Waals surface area (Å²) in [6.45, 7) is 2.03. The molecule has 0 fully saturated rings. The van der Waals surface area contributed by atoms with Crippen molar-refractivity contribution >= 4 is 22.7 Å². The Hall–Kier alpha value is -3.78. The minimum atomic E-state index is 0.484. The third kappa shape index (κ3) is 3.21. The lowest BCUT2D eigenvalue weighted by molar-refractivity contribution is 0.414. The Morgan fingerprint density at radius 2 is 2.00 bits per heavy atom. The van der Waals surface area contributed by atoms with Crippen LogP contribution in [0.15, 0.2) is 60.8 Å². The van der Waals surface area contributed by atoms with Gasteiger partial charge in [-0.1, -0.05) is 6.07 Å². The lowest BCUT2D eigenvalue weighted by Crippen LogP contribution is -1.96. The number of nitriles is 1. The molecule has 0 bridgehead atoms. The van der Waals surface area contributed by atoms with E-state index in [1.807, 2.05) is 78.4 Å². The summed E-state index contributed by atoms with van der Waals surface area (Å²) < 4.78 is 7.23. The maximum Gasteiger partial charge on any atom is 0.149 e. The molecule has 0 aliphatic rings. The Kier molecular flexibility index (Phi) is 4.23. The Balaban J connectivity index is 1.75. The van der Waals surface area contributed by atoms with Gasteiger partial charge in [0.1, 0.15) is 17.6 Å². The van der Waals surface area contributed by atoms with Gasteiger partial charge in [-0.2, -0.15) is 5.26 Å². The highest BCUT2D eigenvalue weighted by Gasteiger charge is 2.10. The van der Waals surface area contributed by atoms with E-state index >= 15 is 0 Å². The molecular formula is C22H18N4O. The number of aryl methyl sites for hydroxylation is 1. The van der Waals surface area contributed by atoms with Crippen LogP contribution in [0.2, 0.25) is 0 Å². The van der Waals surface area contributed by atoms with Crippen molar-refractivity contribution in [3.8, 4) is 17.5 Å². The van der Waals surface area contributed by atoms with Crippen molar-refractivity contribution in [2.75, 3.05) is 7.11 Å². The van der Waals surface area contributed by atoms with Crippen LogP contribution in [0.4, 0.5) is 0 Å². The summed E-state index contributed by atoms with van der Waals surface area (Å²) in [5, 5.41) is 9.68. The molecule has 2 aromatic heterocycles. The van der Waals surface area contributed by atoms with E-state index in [0.717, 1.165) is 33.7 Å². The van der Waals surface area contributed by atoms with Crippen LogP contribution in [-0.2, 0) is 0 Å². The molecule has 0 saturated heterocycles. The van der Waals surface area contributed by atoms with Gasteiger partial charge in [0.2, 0.25) is 0 Å². The monoisotopic (exact) mass is 354 g/mol. The third-order valence-corrected chi connectivity index (χ3v) is 4.44. The minimum absolute atomic E-state index is 0.484. The van der Waals surface area contributed by atoms with E-state index in [-0.39, 0.29) is 0 Å². The molecule has 4 rings (SSSR count). The molecule has 2 aromatic carbocycles. The molecule has 0 spiro atoms. The number of benzene rings is 2. The van der Waals surface area contributed by atoms with Crippen LogP contribution in [0.5, 0.6) is 5.75 Å². The summed E-state index contributed by atoms with van der Waals surface area (Å²) in [6.07, 6.45) is 3.80. The summed E-state index contributed by atoms with van der Waals surface area (Å²) in [5.41, 5.74) is 5.29. The maximum atomic E-state index is 9.68. The highest BCUT2D eigenvalue weighted by atomic mass is 16.5. The standard InChI is InChI=1S/C22H18N4O/c1-15-5-10-20-21(12-15)25-22(24-20)16(14-23)13-18-4-3-11-26(18)17-6-8-19(27-2)9-7-17/h3-13H,1-2H3,(H,24,25)/b16-13-. The SMILES string of the molecule is COc1ccc(-n2cccc2/C=C(/C#N)c2nc3ccc(C)cc3[nH]2)cc1. The Morgan fingerprint density at radius 3 is 2.74 bits per heavy atom. The van der Waals surface area contributed by atoms with Crippen molar-refractivity contribution in [2.45, 2.75) is 6.92 Å². The second-order valence-corrected chi connectivity index (χ2v) is 6.28. The van der Waals surface area contributed by atoms with Crippen LogP contribution in [0.3, 0.4) is 0 Å². The summed E-state index contributed by atoms with van der Waals surface area (Å²) in [4.78, 5) is 7.80. The number of allylic oxidation sites excluding steroid dienone is 1. The average Bonchev–Trinajstić information content (AvgIpc) is 3.32. The number of aromatic amines is 1. The predicted molar refractivity (Wildman–Crippen MR) is 107 cm³/mol. The number of aromatic nitrogens is 3. The number of imidazole rings is 1. The first-order valence-electron chi connectivity index (χ1n) is 8.58. The molecule has 2 heterocycles. The van der Waals surface area contributed by atoms with Gasteiger partial charge in [-0.3, -0.25) is 0 Å². The Labute approximate surface area is 157 Å². The number of fused-ring (bicyclic) bond motifs is 1. The van der Waals surface area contributed by atoms with Crippen molar-refractivity contribution in [1.29, 1.82) is 5.26 Å².